The quantitative estimate of drug-likeness (QED) is 0.634. The summed E-state index contributed by atoms with van der Waals surface area (Å²) < 4.78 is 0. The molecule has 1 aromatic carbocycles. The lowest BCUT2D eigenvalue weighted by atomic mass is 10.0. The van der Waals surface area contributed by atoms with Gasteiger partial charge in [0.2, 0.25) is 5.91 Å². The van der Waals surface area contributed by atoms with E-state index in [-0.39, 0.29) is 11.8 Å². The Morgan fingerprint density at radius 2 is 2.19 bits per heavy atom. The highest BCUT2D eigenvalue weighted by Gasteiger charge is 2.15. The summed E-state index contributed by atoms with van der Waals surface area (Å²) in [4.78, 5) is 32.8. The fourth-order valence-corrected chi connectivity index (χ4v) is 4.00. The number of rotatable bonds is 5. The molecule has 4 rings (SSSR count). The van der Waals surface area contributed by atoms with E-state index in [0.717, 1.165) is 40.4 Å². The molecule has 0 saturated carbocycles. The summed E-state index contributed by atoms with van der Waals surface area (Å²) in [7, 11) is 0. The molecule has 0 unspecified atom stereocenters. The number of aryl methyl sites for hydroxylation is 1. The van der Waals surface area contributed by atoms with E-state index in [0.29, 0.717) is 24.9 Å². The monoisotopic (exact) mass is 380 g/mol. The van der Waals surface area contributed by atoms with Gasteiger partial charge in [0.05, 0.1) is 11.2 Å². The second kappa shape index (κ2) is 7.75. The van der Waals surface area contributed by atoms with E-state index in [1.807, 2.05) is 29.6 Å². The summed E-state index contributed by atoms with van der Waals surface area (Å²) in [6, 6.07) is 9.49. The lowest BCUT2D eigenvalue weighted by molar-refractivity contribution is -0.116. The molecule has 27 heavy (non-hydrogen) atoms. The molecule has 0 radical (unpaired) electrons. The zero-order valence-electron chi connectivity index (χ0n) is 14.7. The Bertz CT molecular complexity index is 962. The van der Waals surface area contributed by atoms with Crippen LogP contribution in [-0.4, -0.2) is 28.3 Å². The number of carbonyl (C=O) groups excluding carboxylic acids is 2. The Morgan fingerprint density at radius 3 is 3.04 bits per heavy atom. The molecule has 3 N–H and O–H groups in total. The van der Waals surface area contributed by atoms with Gasteiger partial charge in [0.1, 0.15) is 5.69 Å². The minimum absolute atomic E-state index is 0.0343. The molecule has 2 aromatic heterocycles. The molecule has 0 spiro atoms. The van der Waals surface area contributed by atoms with Crippen LogP contribution in [0.2, 0.25) is 0 Å². The molecule has 1 aliphatic heterocycles. The number of nitrogens with one attached hydrogen (secondary N) is 3. The number of fused-ring (bicyclic) bond motifs is 1. The van der Waals surface area contributed by atoms with Crippen molar-refractivity contribution < 1.29 is 9.59 Å². The predicted octanol–water partition coefficient (Wildman–Crippen LogP) is 3.39. The fourth-order valence-electron chi connectivity index (χ4n) is 3.26. The zero-order chi connectivity index (χ0) is 18.6. The Kier molecular flexibility index (Phi) is 5.02. The minimum atomic E-state index is -0.106. The number of hydrogen-bond donors (Lipinski definition) is 3. The van der Waals surface area contributed by atoms with E-state index in [4.69, 9.17) is 0 Å². The third-order valence-corrected chi connectivity index (χ3v) is 5.50. The van der Waals surface area contributed by atoms with Crippen LogP contribution < -0.4 is 10.6 Å². The van der Waals surface area contributed by atoms with Crippen LogP contribution >= 0.6 is 11.3 Å². The van der Waals surface area contributed by atoms with Gasteiger partial charge >= 0.3 is 0 Å². The van der Waals surface area contributed by atoms with E-state index in [1.54, 1.807) is 23.7 Å². The second-order valence-electron chi connectivity index (χ2n) is 6.49. The van der Waals surface area contributed by atoms with Crippen molar-refractivity contribution in [2.45, 2.75) is 25.7 Å². The summed E-state index contributed by atoms with van der Waals surface area (Å²) >= 11 is 1.65. The average molecular weight is 380 g/mol. The first-order valence-corrected chi connectivity index (χ1v) is 9.86. The number of anilines is 1. The molecule has 0 fully saturated rings. The first-order chi connectivity index (χ1) is 13.2. The number of hydrogen-bond acceptors (Lipinski definition) is 4. The lowest BCUT2D eigenvalue weighted by Gasteiger charge is -2.10. The van der Waals surface area contributed by atoms with Crippen LogP contribution in [0.5, 0.6) is 0 Å². The van der Waals surface area contributed by atoms with Gasteiger partial charge in [0, 0.05) is 36.3 Å². The SMILES string of the molecule is O=C1CCCc2cc(C(=O)NCCc3[nH]cnc3-c3cccs3)ccc2N1. The summed E-state index contributed by atoms with van der Waals surface area (Å²) in [6.45, 7) is 0.521. The van der Waals surface area contributed by atoms with Crippen LogP contribution in [0.1, 0.15) is 34.5 Å². The normalized spacial score (nSPS) is 13.6. The Hall–Kier alpha value is -2.93. The molecule has 7 heteroatoms. The molecule has 3 aromatic rings. The Labute approximate surface area is 161 Å². The number of imidazole rings is 1. The molecule has 2 amide bonds. The summed E-state index contributed by atoms with van der Waals surface area (Å²) in [5.74, 6) is -0.0717. The van der Waals surface area contributed by atoms with E-state index < -0.39 is 0 Å². The van der Waals surface area contributed by atoms with Gasteiger partial charge in [-0.1, -0.05) is 6.07 Å². The number of benzene rings is 1. The van der Waals surface area contributed by atoms with Gasteiger partial charge in [0.15, 0.2) is 0 Å². The first kappa shape index (κ1) is 17.5. The van der Waals surface area contributed by atoms with Crippen LogP contribution in [0.25, 0.3) is 10.6 Å². The Balaban J connectivity index is 1.39. The number of amides is 2. The average Bonchev–Trinajstić information content (AvgIpc) is 3.30. The largest absolute Gasteiger partial charge is 0.352 e. The third-order valence-electron chi connectivity index (χ3n) is 4.62. The minimum Gasteiger partial charge on any atom is -0.352 e. The van der Waals surface area contributed by atoms with Crippen molar-refractivity contribution in [2.75, 3.05) is 11.9 Å². The maximum absolute atomic E-state index is 12.5. The van der Waals surface area contributed by atoms with Gasteiger partial charge in [-0.25, -0.2) is 4.98 Å². The molecular formula is C20H20N4O2S. The van der Waals surface area contributed by atoms with Gasteiger partial charge in [-0.3, -0.25) is 9.59 Å². The summed E-state index contributed by atoms with van der Waals surface area (Å²) in [5.41, 5.74) is 4.41. The molecule has 0 aliphatic carbocycles. The van der Waals surface area contributed by atoms with Gasteiger partial charge < -0.3 is 15.6 Å². The van der Waals surface area contributed by atoms with Crippen molar-refractivity contribution in [1.82, 2.24) is 15.3 Å². The van der Waals surface area contributed by atoms with E-state index in [1.165, 1.54) is 0 Å². The number of aromatic amines is 1. The summed E-state index contributed by atoms with van der Waals surface area (Å²) in [6.07, 6.45) is 4.49. The molecule has 0 saturated heterocycles. The smallest absolute Gasteiger partial charge is 0.251 e. The van der Waals surface area contributed by atoms with Crippen LogP contribution in [0.3, 0.4) is 0 Å². The van der Waals surface area contributed by atoms with Gasteiger partial charge in [-0.15, -0.1) is 11.3 Å². The molecule has 0 atom stereocenters. The van der Waals surface area contributed by atoms with Crippen molar-refractivity contribution in [3.63, 3.8) is 0 Å². The van der Waals surface area contributed by atoms with E-state index in [9.17, 15) is 9.59 Å². The number of carbonyl (C=O) groups is 2. The van der Waals surface area contributed by atoms with Crippen molar-refractivity contribution >= 4 is 28.8 Å². The number of thiophene rings is 1. The van der Waals surface area contributed by atoms with Crippen LogP contribution in [0.15, 0.2) is 42.0 Å². The van der Waals surface area contributed by atoms with Gasteiger partial charge in [0.25, 0.3) is 5.91 Å². The fraction of sp³-hybridized carbons (Fsp3) is 0.250. The highest BCUT2D eigenvalue weighted by atomic mass is 32.1. The molecule has 1 aliphatic rings. The maximum Gasteiger partial charge on any atom is 0.251 e. The van der Waals surface area contributed by atoms with Crippen molar-refractivity contribution in [1.29, 1.82) is 0 Å². The van der Waals surface area contributed by atoms with Crippen LogP contribution in [-0.2, 0) is 17.6 Å². The van der Waals surface area contributed by atoms with Crippen molar-refractivity contribution in [3.05, 3.63) is 58.9 Å². The first-order valence-electron chi connectivity index (χ1n) is 8.98. The van der Waals surface area contributed by atoms with Crippen LogP contribution in [0, 0.1) is 0 Å². The topological polar surface area (TPSA) is 86.9 Å². The van der Waals surface area contributed by atoms with Crippen LogP contribution in [0.4, 0.5) is 5.69 Å². The lowest BCUT2D eigenvalue weighted by Crippen LogP contribution is -2.26. The Morgan fingerprint density at radius 1 is 1.26 bits per heavy atom. The third kappa shape index (κ3) is 3.93. The molecule has 0 bridgehead atoms. The molecular weight excluding hydrogens is 360 g/mol. The van der Waals surface area contributed by atoms with E-state index in [2.05, 4.69) is 20.6 Å². The second-order valence-corrected chi connectivity index (χ2v) is 7.43. The molecule has 3 heterocycles. The number of nitrogens with zero attached hydrogens (tertiary/aromatic N) is 1. The highest BCUT2D eigenvalue weighted by Crippen LogP contribution is 2.25. The highest BCUT2D eigenvalue weighted by molar-refractivity contribution is 7.13. The predicted molar refractivity (Wildman–Crippen MR) is 106 cm³/mol. The van der Waals surface area contributed by atoms with E-state index >= 15 is 0 Å². The van der Waals surface area contributed by atoms with Crippen molar-refractivity contribution in [2.24, 2.45) is 0 Å². The molecule has 6 nitrogen and oxygen atoms in total. The zero-order valence-corrected chi connectivity index (χ0v) is 15.6. The van der Waals surface area contributed by atoms with Gasteiger partial charge in [-0.05, 0) is 48.1 Å². The maximum atomic E-state index is 12.5. The summed E-state index contributed by atoms with van der Waals surface area (Å²) in [5, 5.41) is 7.88. The van der Waals surface area contributed by atoms with Crippen molar-refractivity contribution in [3.8, 4) is 10.6 Å². The number of aromatic nitrogens is 2. The van der Waals surface area contributed by atoms with Gasteiger partial charge in [-0.2, -0.15) is 0 Å². The number of H-pyrrole nitrogens is 1. The molecule has 138 valence electrons. The standard InChI is InChI=1S/C20H20N4O2S/c25-18-5-1-3-13-11-14(6-7-15(13)24-18)20(26)21-9-8-16-19(23-12-22-16)17-4-2-10-27-17/h2,4,6-7,10-12H,1,3,5,8-9H2,(H,21,26)(H,22,23)(H,24,25).